The predicted molar refractivity (Wildman–Crippen MR) is 79.8 cm³/mol. The summed E-state index contributed by atoms with van der Waals surface area (Å²) in [6, 6.07) is 0.825. The molecule has 0 aromatic heterocycles. The standard InChI is InChI=1S/C17H33N/c1-4-18-16(14-8-6-5-7-9-14)15-10-12-17(2,3)13-11-15/h14-16,18H,4-13H2,1-3H3. The Morgan fingerprint density at radius 3 is 2.06 bits per heavy atom. The van der Waals surface area contributed by atoms with E-state index in [1.807, 2.05) is 0 Å². The first kappa shape index (κ1) is 14.4. The van der Waals surface area contributed by atoms with E-state index in [1.165, 1.54) is 57.8 Å². The lowest BCUT2D eigenvalue weighted by Crippen LogP contribution is -2.45. The van der Waals surface area contributed by atoms with Crippen molar-refractivity contribution < 1.29 is 0 Å². The van der Waals surface area contributed by atoms with E-state index in [2.05, 4.69) is 26.1 Å². The van der Waals surface area contributed by atoms with Crippen LogP contribution in [0.25, 0.3) is 0 Å². The summed E-state index contributed by atoms with van der Waals surface area (Å²) in [5.41, 5.74) is 0.611. The maximum atomic E-state index is 3.85. The molecule has 0 aromatic carbocycles. The highest BCUT2D eigenvalue weighted by molar-refractivity contribution is 4.89. The molecule has 1 N–H and O–H groups in total. The zero-order valence-electron chi connectivity index (χ0n) is 12.8. The summed E-state index contributed by atoms with van der Waals surface area (Å²) in [5, 5.41) is 3.85. The summed E-state index contributed by atoms with van der Waals surface area (Å²) < 4.78 is 0. The van der Waals surface area contributed by atoms with Crippen LogP contribution in [0.2, 0.25) is 0 Å². The summed E-state index contributed by atoms with van der Waals surface area (Å²) >= 11 is 0. The second-order valence-electron chi connectivity index (χ2n) is 7.48. The first-order valence-corrected chi connectivity index (χ1v) is 8.36. The van der Waals surface area contributed by atoms with Crippen LogP contribution in [0.15, 0.2) is 0 Å². The van der Waals surface area contributed by atoms with Gasteiger partial charge in [-0.3, -0.25) is 0 Å². The molecular weight excluding hydrogens is 218 g/mol. The van der Waals surface area contributed by atoms with Gasteiger partial charge in [-0.15, -0.1) is 0 Å². The third-order valence-corrected chi connectivity index (χ3v) is 5.49. The van der Waals surface area contributed by atoms with E-state index in [0.29, 0.717) is 5.41 Å². The van der Waals surface area contributed by atoms with E-state index in [9.17, 15) is 0 Å². The lowest BCUT2D eigenvalue weighted by Gasteiger charge is -2.42. The van der Waals surface area contributed by atoms with Crippen LogP contribution in [0.5, 0.6) is 0 Å². The molecule has 2 saturated carbocycles. The number of hydrogen-bond acceptors (Lipinski definition) is 1. The van der Waals surface area contributed by atoms with E-state index < -0.39 is 0 Å². The van der Waals surface area contributed by atoms with Crippen molar-refractivity contribution in [2.45, 2.75) is 84.6 Å². The van der Waals surface area contributed by atoms with E-state index in [4.69, 9.17) is 0 Å². The van der Waals surface area contributed by atoms with Crippen LogP contribution in [0.1, 0.15) is 78.6 Å². The fraction of sp³-hybridized carbons (Fsp3) is 1.00. The van der Waals surface area contributed by atoms with Crippen LogP contribution in [-0.2, 0) is 0 Å². The Labute approximate surface area is 114 Å². The Kier molecular flexibility index (Phi) is 5.12. The van der Waals surface area contributed by atoms with Crippen molar-refractivity contribution in [2.75, 3.05) is 6.54 Å². The molecule has 0 bridgehead atoms. The second-order valence-corrected chi connectivity index (χ2v) is 7.48. The van der Waals surface area contributed by atoms with Crippen LogP contribution in [-0.4, -0.2) is 12.6 Å². The molecule has 2 rings (SSSR count). The van der Waals surface area contributed by atoms with Crippen molar-refractivity contribution in [1.29, 1.82) is 0 Å². The highest BCUT2D eigenvalue weighted by atomic mass is 14.9. The third-order valence-electron chi connectivity index (χ3n) is 5.49. The fourth-order valence-corrected chi connectivity index (χ4v) is 4.23. The van der Waals surface area contributed by atoms with Gasteiger partial charge in [-0.1, -0.05) is 40.0 Å². The maximum absolute atomic E-state index is 3.85. The highest BCUT2D eigenvalue weighted by Crippen LogP contribution is 2.42. The molecule has 2 aliphatic carbocycles. The first-order valence-electron chi connectivity index (χ1n) is 8.36. The minimum atomic E-state index is 0.611. The number of hydrogen-bond donors (Lipinski definition) is 1. The van der Waals surface area contributed by atoms with Gasteiger partial charge in [-0.25, -0.2) is 0 Å². The quantitative estimate of drug-likeness (QED) is 0.759. The Balaban J connectivity index is 1.92. The molecule has 0 aromatic rings. The Hall–Kier alpha value is -0.0400. The molecule has 106 valence electrons. The van der Waals surface area contributed by atoms with Crippen molar-refractivity contribution in [1.82, 2.24) is 5.32 Å². The highest BCUT2D eigenvalue weighted by Gasteiger charge is 2.34. The molecule has 1 nitrogen and oxygen atoms in total. The van der Waals surface area contributed by atoms with Crippen LogP contribution >= 0.6 is 0 Å². The van der Waals surface area contributed by atoms with Crippen LogP contribution in [0.3, 0.4) is 0 Å². The third kappa shape index (κ3) is 3.73. The molecule has 0 saturated heterocycles. The van der Waals surface area contributed by atoms with Crippen LogP contribution in [0.4, 0.5) is 0 Å². The normalized spacial score (nSPS) is 28.2. The summed E-state index contributed by atoms with van der Waals surface area (Å²) in [5.74, 6) is 1.94. The average Bonchev–Trinajstić information content (AvgIpc) is 2.38. The lowest BCUT2D eigenvalue weighted by molar-refractivity contribution is 0.122. The largest absolute Gasteiger partial charge is 0.314 e. The molecular formula is C17H33N. The van der Waals surface area contributed by atoms with E-state index in [1.54, 1.807) is 0 Å². The molecule has 0 spiro atoms. The monoisotopic (exact) mass is 251 g/mol. The fourth-order valence-electron chi connectivity index (χ4n) is 4.23. The minimum absolute atomic E-state index is 0.611. The maximum Gasteiger partial charge on any atom is 0.0123 e. The number of nitrogens with one attached hydrogen (secondary N) is 1. The summed E-state index contributed by atoms with van der Waals surface area (Å²) in [7, 11) is 0. The van der Waals surface area contributed by atoms with Crippen molar-refractivity contribution >= 4 is 0 Å². The molecule has 2 aliphatic rings. The molecule has 18 heavy (non-hydrogen) atoms. The summed E-state index contributed by atoms with van der Waals surface area (Å²) in [4.78, 5) is 0. The molecule has 0 aliphatic heterocycles. The van der Waals surface area contributed by atoms with E-state index >= 15 is 0 Å². The van der Waals surface area contributed by atoms with Gasteiger partial charge in [0.15, 0.2) is 0 Å². The van der Waals surface area contributed by atoms with Crippen molar-refractivity contribution in [2.24, 2.45) is 17.3 Å². The minimum Gasteiger partial charge on any atom is -0.314 e. The predicted octanol–water partition coefficient (Wildman–Crippen LogP) is 4.76. The summed E-state index contributed by atoms with van der Waals surface area (Å²) in [6.07, 6.45) is 13.2. The van der Waals surface area contributed by atoms with Crippen molar-refractivity contribution in [3.63, 3.8) is 0 Å². The van der Waals surface area contributed by atoms with Gasteiger partial charge in [0, 0.05) is 6.04 Å². The smallest absolute Gasteiger partial charge is 0.0123 e. The van der Waals surface area contributed by atoms with Gasteiger partial charge >= 0.3 is 0 Å². The topological polar surface area (TPSA) is 12.0 Å². The molecule has 0 radical (unpaired) electrons. The molecule has 1 unspecified atom stereocenters. The summed E-state index contributed by atoms with van der Waals surface area (Å²) in [6.45, 7) is 8.34. The van der Waals surface area contributed by atoms with E-state index in [-0.39, 0.29) is 0 Å². The van der Waals surface area contributed by atoms with Gasteiger partial charge in [0.2, 0.25) is 0 Å². The zero-order chi connectivity index (χ0) is 13.0. The van der Waals surface area contributed by atoms with Crippen LogP contribution in [0, 0.1) is 17.3 Å². The van der Waals surface area contributed by atoms with Gasteiger partial charge < -0.3 is 5.32 Å². The number of rotatable bonds is 4. The second kappa shape index (κ2) is 6.41. The average molecular weight is 251 g/mol. The molecule has 1 atom stereocenters. The zero-order valence-corrected chi connectivity index (χ0v) is 12.8. The van der Waals surface area contributed by atoms with Crippen LogP contribution < -0.4 is 5.32 Å². The molecule has 0 heterocycles. The van der Waals surface area contributed by atoms with Gasteiger partial charge in [-0.2, -0.15) is 0 Å². The van der Waals surface area contributed by atoms with Gasteiger partial charge in [-0.05, 0) is 62.3 Å². The molecule has 2 fully saturated rings. The Bertz CT molecular complexity index is 230. The molecule has 0 amide bonds. The van der Waals surface area contributed by atoms with Gasteiger partial charge in [0.1, 0.15) is 0 Å². The van der Waals surface area contributed by atoms with Gasteiger partial charge in [0.25, 0.3) is 0 Å². The molecule has 1 heteroatoms. The Morgan fingerprint density at radius 1 is 0.944 bits per heavy atom. The SMILES string of the molecule is CCNC(C1CCCCC1)C1CCC(C)(C)CC1. The van der Waals surface area contributed by atoms with Crippen molar-refractivity contribution in [3.8, 4) is 0 Å². The van der Waals surface area contributed by atoms with Crippen molar-refractivity contribution in [3.05, 3.63) is 0 Å². The lowest BCUT2D eigenvalue weighted by atomic mass is 9.67. The first-order chi connectivity index (χ1) is 8.62. The van der Waals surface area contributed by atoms with Gasteiger partial charge in [0.05, 0.1) is 0 Å². The Morgan fingerprint density at radius 2 is 1.50 bits per heavy atom. The van der Waals surface area contributed by atoms with E-state index in [0.717, 1.165) is 24.4 Å².